The Hall–Kier alpha value is -1.32. The van der Waals surface area contributed by atoms with Crippen LogP contribution in [-0.4, -0.2) is 13.2 Å². The largest absolute Gasteiger partial charge is 0.435 e. The van der Waals surface area contributed by atoms with Crippen LogP contribution < -0.4 is 10.1 Å². The maximum Gasteiger partial charge on any atom is 0.387 e. The number of ether oxygens (including phenoxy) is 1. The minimum atomic E-state index is -2.77. The topological polar surface area (TPSA) is 21.3 Å². The van der Waals surface area contributed by atoms with E-state index in [0.717, 1.165) is 17.8 Å². The zero-order valence-corrected chi connectivity index (χ0v) is 10.9. The Kier molecular flexibility index (Phi) is 3.73. The van der Waals surface area contributed by atoms with Crippen LogP contribution in [0.2, 0.25) is 0 Å². The molecule has 2 unspecified atom stereocenters. The lowest BCUT2D eigenvalue weighted by atomic mass is 9.82. The predicted molar refractivity (Wildman–Crippen MR) is 68.3 cm³/mol. The molecule has 0 aliphatic carbocycles. The first-order valence-corrected chi connectivity index (χ1v) is 6.31. The molecule has 0 spiro atoms. The van der Waals surface area contributed by atoms with Crippen molar-refractivity contribution in [1.82, 2.24) is 0 Å². The van der Waals surface area contributed by atoms with Crippen LogP contribution in [0.3, 0.4) is 0 Å². The lowest BCUT2D eigenvalue weighted by Gasteiger charge is -2.23. The summed E-state index contributed by atoms with van der Waals surface area (Å²) in [5.41, 5.74) is 2.13. The molecule has 1 N–H and O–H groups in total. The Balaban J connectivity index is 2.24. The molecule has 2 atom stereocenters. The van der Waals surface area contributed by atoms with Crippen LogP contribution in [0.15, 0.2) is 18.2 Å². The van der Waals surface area contributed by atoms with E-state index >= 15 is 0 Å². The van der Waals surface area contributed by atoms with Gasteiger partial charge < -0.3 is 10.1 Å². The minimum absolute atomic E-state index is 0.244. The summed E-state index contributed by atoms with van der Waals surface area (Å²) < 4.78 is 28.9. The van der Waals surface area contributed by atoms with Crippen molar-refractivity contribution < 1.29 is 13.5 Å². The number of fused-ring (bicyclic) bond motifs is 1. The fourth-order valence-electron chi connectivity index (χ4n) is 2.45. The Morgan fingerprint density at radius 3 is 2.61 bits per heavy atom. The molecule has 2 rings (SSSR count). The molecule has 0 fully saturated rings. The van der Waals surface area contributed by atoms with Crippen LogP contribution in [0.4, 0.5) is 14.5 Å². The zero-order chi connectivity index (χ0) is 13.3. The summed E-state index contributed by atoms with van der Waals surface area (Å²) in [6.07, 6.45) is 0. The van der Waals surface area contributed by atoms with Gasteiger partial charge in [0.15, 0.2) is 0 Å². The van der Waals surface area contributed by atoms with Crippen LogP contribution in [0.5, 0.6) is 5.75 Å². The summed E-state index contributed by atoms with van der Waals surface area (Å²) in [7, 11) is 0. The molecular weight excluding hydrogens is 236 g/mol. The van der Waals surface area contributed by atoms with Gasteiger partial charge in [0.25, 0.3) is 0 Å². The van der Waals surface area contributed by atoms with Gasteiger partial charge in [-0.2, -0.15) is 8.78 Å². The molecule has 1 aromatic rings. The van der Waals surface area contributed by atoms with Crippen molar-refractivity contribution in [2.45, 2.75) is 33.3 Å². The van der Waals surface area contributed by atoms with Gasteiger partial charge in [-0.3, -0.25) is 0 Å². The summed E-state index contributed by atoms with van der Waals surface area (Å²) in [5, 5.41) is 3.32. The van der Waals surface area contributed by atoms with Gasteiger partial charge in [0.1, 0.15) is 5.75 Å². The number of alkyl halides is 2. The van der Waals surface area contributed by atoms with Crippen LogP contribution >= 0.6 is 0 Å². The molecule has 0 saturated carbocycles. The van der Waals surface area contributed by atoms with E-state index in [-0.39, 0.29) is 5.75 Å². The van der Waals surface area contributed by atoms with E-state index in [2.05, 4.69) is 30.8 Å². The number of rotatable bonds is 4. The summed E-state index contributed by atoms with van der Waals surface area (Å²) in [5.74, 6) is 1.66. The third-order valence-corrected chi connectivity index (χ3v) is 3.85. The van der Waals surface area contributed by atoms with E-state index in [1.54, 1.807) is 12.1 Å². The van der Waals surface area contributed by atoms with E-state index in [0.29, 0.717) is 17.8 Å². The molecule has 100 valence electrons. The highest BCUT2D eigenvalue weighted by Crippen LogP contribution is 2.40. The molecule has 0 amide bonds. The minimum Gasteiger partial charge on any atom is -0.435 e. The van der Waals surface area contributed by atoms with Crippen LogP contribution in [0.1, 0.15) is 32.3 Å². The molecular formula is C14H19F2NO. The highest BCUT2D eigenvalue weighted by molar-refractivity contribution is 5.60. The molecule has 1 aliphatic heterocycles. The number of halogens is 2. The fourth-order valence-corrected chi connectivity index (χ4v) is 2.45. The fraction of sp³-hybridized carbons (Fsp3) is 0.571. The average Bonchev–Trinajstić information content (AvgIpc) is 2.70. The first-order valence-electron chi connectivity index (χ1n) is 6.31. The van der Waals surface area contributed by atoms with Gasteiger partial charge in [0, 0.05) is 18.2 Å². The molecule has 0 bridgehead atoms. The molecule has 18 heavy (non-hydrogen) atoms. The number of hydrogen-bond acceptors (Lipinski definition) is 2. The number of benzene rings is 1. The third kappa shape index (κ3) is 2.57. The van der Waals surface area contributed by atoms with E-state index in [1.165, 1.54) is 0 Å². The van der Waals surface area contributed by atoms with Gasteiger partial charge in [-0.25, -0.2) is 0 Å². The van der Waals surface area contributed by atoms with Crippen molar-refractivity contribution in [2.24, 2.45) is 11.8 Å². The maximum absolute atomic E-state index is 12.2. The SMILES string of the molecule is CC(C)C(C)C1CNc2ccc(OC(F)F)cc21. The number of anilines is 1. The second kappa shape index (κ2) is 5.12. The van der Waals surface area contributed by atoms with Crippen molar-refractivity contribution in [3.8, 4) is 5.75 Å². The quantitative estimate of drug-likeness (QED) is 0.875. The summed E-state index contributed by atoms with van der Waals surface area (Å²) in [6.45, 7) is 4.67. The smallest absolute Gasteiger partial charge is 0.387 e. The number of nitrogens with one attached hydrogen (secondary N) is 1. The lowest BCUT2D eigenvalue weighted by molar-refractivity contribution is -0.0498. The first-order chi connectivity index (χ1) is 8.49. The molecule has 2 nitrogen and oxygen atoms in total. The van der Waals surface area contributed by atoms with E-state index in [9.17, 15) is 8.78 Å². The second-order valence-electron chi connectivity index (χ2n) is 5.22. The summed E-state index contributed by atoms with van der Waals surface area (Å²) in [4.78, 5) is 0. The van der Waals surface area contributed by atoms with E-state index < -0.39 is 6.61 Å². The van der Waals surface area contributed by atoms with Gasteiger partial charge in [-0.15, -0.1) is 0 Å². The molecule has 1 aromatic carbocycles. The predicted octanol–water partition coefficient (Wildman–Crippen LogP) is 4.09. The molecule has 1 aliphatic rings. The van der Waals surface area contributed by atoms with Crippen molar-refractivity contribution in [3.63, 3.8) is 0 Å². The van der Waals surface area contributed by atoms with Crippen molar-refractivity contribution in [2.75, 3.05) is 11.9 Å². The monoisotopic (exact) mass is 255 g/mol. The molecule has 0 saturated heterocycles. The highest BCUT2D eigenvalue weighted by Gasteiger charge is 2.29. The Morgan fingerprint density at radius 2 is 2.00 bits per heavy atom. The van der Waals surface area contributed by atoms with E-state index in [4.69, 9.17) is 0 Å². The zero-order valence-electron chi connectivity index (χ0n) is 10.9. The standard InChI is InChI=1S/C14H19F2NO/c1-8(2)9(3)12-7-17-13-5-4-10(6-11(12)13)18-14(15)16/h4-6,8-9,12,14,17H,7H2,1-3H3. The van der Waals surface area contributed by atoms with Gasteiger partial charge in [0.05, 0.1) is 0 Å². The van der Waals surface area contributed by atoms with Crippen LogP contribution in [0, 0.1) is 11.8 Å². The second-order valence-corrected chi connectivity index (χ2v) is 5.22. The van der Waals surface area contributed by atoms with Crippen LogP contribution in [-0.2, 0) is 0 Å². The molecule has 0 aromatic heterocycles. The summed E-state index contributed by atoms with van der Waals surface area (Å²) in [6, 6.07) is 5.14. The normalized spacial score (nSPS) is 19.8. The van der Waals surface area contributed by atoms with Gasteiger partial charge in [-0.05, 0) is 35.6 Å². The molecule has 0 radical (unpaired) electrons. The molecule has 4 heteroatoms. The Labute approximate surface area is 106 Å². The van der Waals surface area contributed by atoms with Crippen molar-refractivity contribution >= 4 is 5.69 Å². The highest BCUT2D eigenvalue weighted by atomic mass is 19.3. The van der Waals surface area contributed by atoms with Gasteiger partial charge >= 0.3 is 6.61 Å². The van der Waals surface area contributed by atoms with E-state index in [1.807, 2.05) is 6.07 Å². The Morgan fingerprint density at radius 1 is 1.28 bits per heavy atom. The van der Waals surface area contributed by atoms with Gasteiger partial charge in [0.2, 0.25) is 0 Å². The third-order valence-electron chi connectivity index (χ3n) is 3.85. The lowest BCUT2D eigenvalue weighted by Crippen LogP contribution is -2.17. The van der Waals surface area contributed by atoms with Gasteiger partial charge in [-0.1, -0.05) is 20.8 Å². The maximum atomic E-state index is 12.2. The van der Waals surface area contributed by atoms with Crippen molar-refractivity contribution in [1.29, 1.82) is 0 Å². The molecule has 1 heterocycles. The summed E-state index contributed by atoms with van der Waals surface area (Å²) >= 11 is 0. The van der Waals surface area contributed by atoms with Crippen molar-refractivity contribution in [3.05, 3.63) is 23.8 Å². The Bertz CT molecular complexity index is 420. The first kappa shape index (κ1) is 13.1. The number of hydrogen-bond donors (Lipinski definition) is 1. The van der Waals surface area contributed by atoms with Crippen LogP contribution in [0.25, 0.3) is 0 Å². The average molecular weight is 255 g/mol.